The molecule has 9 heteroatoms. The van der Waals surface area contributed by atoms with E-state index in [-0.39, 0.29) is 34.2 Å². The van der Waals surface area contributed by atoms with Gasteiger partial charge < -0.3 is 5.11 Å². The number of nitro benzene ring substituents is 1. The number of phenolic OH excluding ortho intramolecular Hbond substituents is 1. The van der Waals surface area contributed by atoms with Crippen molar-refractivity contribution in [2.75, 3.05) is 6.54 Å². The fourth-order valence-electron chi connectivity index (χ4n) is 1.92. The largest absolute Gasteiger partial charge is 0.507 e. The van der Waals surface area contributed by atoms with Crippen LogP contribution in [0.2, 0.25) is 0 Å². The number of rotatable bonds is 4. The van der Waals surface area contributed by atoms with E-state index >= 15 is 0 Å². The molecular weight excluding hydrogens is 322 g/mol. The number of phenols is 1. The Kier molecular flexibility index (Phi) is 4.51. The van der Waals surface area contributed by atoms with Gasteiger partial charge in [-0.15, -0.1) is 6.58 Å². The van der Waals surface area contributed by atoms with Crippen molar-refractivity contribution in [2.24, 2.45) is 0 Å². The number of hydrogen-bond donors (Lipinski definition) is 2. The van der Waals surface area contributed by atoms with Crippen molar-refractivity contribution in [3.05, 3.63) is 52.1 Å². The zero-order chi connectivity index (χ0) is 17.1. The molecule has 2 amide bonds. The second-order valence-corrected chi connectivity index (χ2v) is 4.91. The molecule has 0 atom stereocenters. The molecule has 0 radical (unpaired) electrons. The van der Waals surface area contributed by atoms with Gasteiger partial charge in [-0.05, 0) is 24.4 Å². The van der Waals surface area contributed by atoms with Gasteiger partial charge in [-0.25, -0.2) is 0 Å². The fraction of sp³-hybridized carbons (Fsp3) is 0.0714. The van der Waals surface area contributed by atoms with Crippen molar-refractivity contribution in [3.8, 4) is 5.75 Å². The first-order chi connectivity index (χ1) is 10.8. The van der Waals surface area contributed by atoms with E-state index in [0.29, 0.717) is 0 Å². The molecule has 0 aromatic heterocycles. The van der Waals surface area contributed by atoms with Crippen LogP contribution < -0.4 is 5.32 Å². The predicted octanol–water partition coefficient (Wildman–Crippen LogP) is 1.11. The van der Waals surface area contributed by atoms with Crippen LogP contribution in [0.3, 0.4) is 0 Å². The average Bonchev–Trinajstić information content (AvgIpc) is 2.49. The van der Waals surface area contributed by atoms with Crippen molar-refractivity contribution in [3.63, 3.8) is 0 Å². The van der Waals surface area contributed by atoms with Crippen LogP contribution in [-0.4, -0.2) is 38.4 Å². The molecule has 0 unspecified atom stereocenters. The molecule has 0 aliphatic carbocycles. The van der Waals surface area contributed by atoms with Crippen LogP contribution in [0.15, 0.2) is 36.4 Å². The Labute approximate surface area is 135 Å². The van der Waals surface area contributed by atoms with Crippen molar-refractivity contribution >= 4 is 40.9 Å². The van der Waals surface area contributed by atoms with E-state index in [9.17, 15) is 24.8 Å². The molecule has 2 N–H and O–H groups in total. The van der Waals surface area contributed by atoms with Crippen LogP contribution in [0.5, 0.6) is 5.75 Å². The van der Waals surface area contributed by atoms with E-state index in [2.05, 4.69) is 11.9 Å². The molecule has 1 heterocycles. The van der Waals surface area contributed by atoms with Crippen molar-refractivity contribution < 1.29 is 19.6 Å². The Bertz CT molecular complexity index is 772. The Hall–Kier alpha value is -3.07. The number of nitrogens with zero attached hydrogens (tertiary/aromatic N) is 2. The number of carbonyl (C=O) groups excluding carboxylic acids is 2. The summed E-state index contributed by atoms with van der Waals surface area (Å²) in [4.78, 5) is 35.5. The molecular formula is C14H11N3O5S. The maximum atomic E-state index is 12.3. The van der Waals surface area contributed by atoms with Crippen LogP contribution in [0.1, 0.15) is 5.56 Å². The number of nitro groups is 1. The highest BCUT2D eigenvalue weighted by Gasteiger charge is 2.32. The van der Waals surface area contributed by atoms with Crippen molar-refractivity contribution in [1.29, 1.82) is 0 Å². The molecule has 8 nitrogen and oxygen atoms in total. The number of hydrogen-bond acceptors (Lipinski definition) is 6. The topological polar surface area (TPSA) is 113 Å². The summed E-state index contributed by atoms with van der Waals surface area (Å²) < 4.78 is 0. The third-order valence-electron chi connectivity index (χ3n) is 3.02. The number of benzene rings is 1. The van der Waals surface area contributed by atoms with Crippen LogP contribution in [0, 0.1) is 10.1 Å². The van der Waals surface area contributed by atoms with Gasteiger partial charge in [0.15, 0.2) is 5.11 Å². The highest BCUT2D eigenvalue weighted by Crippen LogP contribution is 2.26. The molecule has 1 saturated heterocycles. The van der Waals surface area contributed by atoms with Gasteiger partial charge in [0.25, 0.3) is 17.5 Å². The highest BCUT2D eigenvalue weighted by molar-refractivity contribution is 7.80. The molecule has 0 bridgehead atoms. The summed E-state index contributed by atoms with van der Waals surface area (Å²) in [7, 11) is 0. The van der Waals surface area contributed by atoms with E-state index in [0.717, 1.165) is 29.2 Å². The van der Waals surface area contributed by atoms with E-state index in [1.807, 2.05) is 0 Å². The van der Waals surface area contributed by atoms with Crippen molar-refractivity contribution in [1.82, 2.24) is 10.2 Å². The standard InChI is InChI=1S/C14H11N3O5S/c1-2-5-16-13(20)10(12(19)15-14(16)23)7-8-6-9(17(21)22)3-4-11(8)18/h2-4,6-7,18H,1,5H2,(H,15,19,23)/b10-7+. The monoisotopic (exact) mass is 333 g/mol. The van der Waals surface area contributed by atoms with Gasteiger partial charge in [0.2, 0.25) is 0 Å². The number of carbonyl (C=O) groups is 2. The summed E-state index contributed by atoms with van der Waals surface area (Å²) in [5.74, 6) is -1.72. The minimum Gasteiger partial charge on any atom is -0.507 e. The molecule has 1 aromatic carbocycles. The summed E-state index contributed by atoms with van der Waals surface area (Å²) in [6, 6.07) is 3.29. The first-order valence-corrected chi connectivity index (χ1v) is 6.73. The van der Waals surface area contributed by atoms with Crippen LogP contribution in [0.25, 0.3) is 6.08 Å². The Morgan fingerprint density at radius 1 is 1.43 bits per heavy atom. The minimum absolute atomic E-state index is 0.0240. The molecule has 0 spiro atoms. The zero-order valence-electron chi connectivity index (χ0n) is 11.7. The maximum Gasteiger partial charge on any atom is 0.270 e. The van der Waals surface area contributed by atoms with Crippen LogP contribution >= 0.6 is 12.2 Å². The smallest absolute Gasteiger partial charge is 0.270 e. The quantitative estimate of drug-likeness (QED) is 0.213. The second kappa shape index (κ2) is 6.36. The second-order valence-electron chi connectivity index (χ2n) is 4.52. The molecule has 118 valence electrons. The summed E-state index contributed by atoms with van der Waals surface area (Å²) in [6.07, 6.45) is 2.52. The Morgan fingerprint density at radius 3 is 2.74 bits per heavy atom. The third-order valence-corrected chi connectivity index (χ3v) is 3.34. The predicted molar refractivity (Wildman–Crippen MR) is 85.4 cm³/mol. The van der Waals surface area contributed by atoms with Gasteiger partial charge in [-0.2, -0.15) is 0 Å². The van der Waals surface area contributed by atoms with Crippen LogP contribution in [-0.2, 0) is 9.59 Å². The van der Waals surface area contributed by atoms with Crippen LogP contribution in [0.4, 0.5) is 5.69 Å². The lowest BCUT2D eigenvalue weighted by Crippen LogP contribution is -2.53. The molecule has 1 aromatic rings. The summed E-state index contributed by atoms with van der Waals surface area (Å²) >= 11 is 4.90. The molecule has 1 aliphatic rings. The molecule has 1 aliphatic heterocycles. The van der Waals surface area contributed by atoms with Gasteiger partial charge in [-0.1, -0.05) is 6.08 Å². The van der Waals surface area contributed by atoms with E-state index < -0.39 is 16.7 Å². The summed E-state index contributed by atoms with van der Waals surface area (Å²) in [6.45, 7) is 3.59. The minimum atomic E-state index is -0.744. The SMILES string of the molecule is C=CCN1C(=O)/C(=C/c2cc([N+](=O)[O-])ccc2O)C(=O)NC1=S. The fourth-order valence-corrected chi connectivity index (χ4v) is 2.17. The molecule has 1 fully saturated rings. The van der Waals surface area contributed by atoms with Gasteiger partial charge in [-0.3, -0.25) is 29.9 Å². The lowest BCUT2D eigenvalue weighted by Gasteiger charge is -2.27. The zero-order valence-corrected chi connectivity index (χ0v) is 12.5. The van der Waals surface area contributed by atoms with E-state index in [1.54, 1.807) is 0 Å². The number of amides is 2. The number of non-ortho nitro benzene ring substituents is 1. The van der Waals surface area contributed by atoms with E-state index in [1.165, 1.54) is 6.08 Å². The third kappa shape index (κ3) is 3.24. The first kappa shape index (κ1) is 16.3. The number of thiocarbonyl (C=S) groups is 1. The Balaban J connectivity index is 2.48. The lowest BCUT2D eigenvalue weighted by molar-refractivity contribution is -0.384. The maximum absolute atomic E-state index is 12.3. The molecule has 2 rings (SSSR count). The van der Waals surface area contributed by atoms with Gasteiger partial charge in [0.05, 0.1) is 4.92 Å². The number of nitrogens with one attached hydrogen (secondary N) is 1. The molecule has 23 heavy (non-hydrogen) atoms. The Morgan fingerprint density at radius 2 is 2.13 bits per heavy atom. The summed E-state index contributed by atoms with van der Waals surface area (Å²) in [5.41, 5.74) is -0.600. The van der Waals surface area contributed by atoms with E-state index in [4.69, 9.17) is 12.2 Å². The highest BCUT2D eigenvalue weighted by atomic mass is 32.1. The van der Waals surface area contributed by atoms with Crippen molar-refractivity contribution in [2.45, 2.75) is 0 Å². The molecule has 0 saturated carbocycles. The number of aromatic hydroxyl groups is 1. The van der Waals surface area contributed by atoms with Gasteiger partial charge in [0, 0.05) is 24.2 Å². The normalized spacial score (nSPS) is 16.4. The first-order valence-electron chi connectivity index (χ1n) is 6.32. The van der Waals surface area contributed by atoms with Gasteiger partial charge in [0.1, 0.15) is 11.3 Å². The lowest BCUT2D eigenvalue weighted by atomic mass is 10.1. The van der Waals surface area contributed by atoms with Gasteiger partial charge >= 0.3 is 0 Å². The summed E-state index contributed by atoms with van der Waals surface area (Å²) in [5, 5.41) is 22.8. The average molecular weight is 333 g/mol.